The lowest BCUT2D eigenvalue weighted by atomic mass is 10.4. The fourth-order valence-corrected chi connectivity index (χ4v) is 1.16. The third-order valence-electron chi connectivity index (χ3n) is 1.94. The molecular formula is C12H20N4O. The van der Waals surface area contributed by atoms with Crippen molar-refractivity contribution in [2.45, 2.75) is 6.92 Å². The van der Waals surface area contributed by atoms with E-state index in [1.54, 1.807) is 6.20 Å². The minimum atomic E-state index is 0.606. The lowest BCUT2D eigenvalue weighted by Gasteiger charge is -2.11. The van der Waals surface area contributed by atoms with E-state index in [1.807, 2.05) is 32.0 Å². The van der Waals surface area contributed by atoms with E-state index in [9.17, 15) is 0 Å². The van der Waals surface area contributed by atoms with Crippen molar-refractivity contribution < 1.29 is 4.74 Å². The van der Waals surface area contributed by atoms with E-state index in [0.29, 0.717) is 19.2 Å². The zero-order valence-electron chi connectivity index (χ0n) is 10.7. The largest absolute Gasteiger partial charge is 0.375 e. The van der Waals surface area contributed by atoms with Crippen molar-refractivity contribution in [2.75, 3.05) is 44.1 Å². The second-order valence-corrected chi connectivity index (χ2v) is 4.07. The summed E-state index contributed by atoms with van der Waals surface area (Å²) in [6, 6.07) is 1.84. The number of ether oxygens (including phenoxy) is 1. The number of aromatic nitrogens is 2. The molecule has 1 N–H and O–H groups in total. The van der Waals surface area contributed by atoms with Gasteiger partial charge in [0.15, 0.2) is 0 Å². The van der Waals surface area contributed by atoms with Gasteiger partial charge >= 0.3 is 0 Å². The topological polar surface area (TPSA) is 50.3 Å². The molecule has 0 aliphatic carbocycles. The zero-order chi connectivity index (χ0) is 12.7. The Hall–Kier alpha value is -1.62. The van der Waals surface area contributed by atoms with Crippen molar-refractivity contribution in [2.24, 2.45) is 0 Å². The Labute approximate surface area is 103 Å². The fourth-order valence-electron chi connectivity index (χ4n) is 1.16. The molecule has 17 heavy (non-hydrogen) atoms. The number of nitrogens with one attached hydrogen (secondary N) is 1. The van der Waals surface area contributed by atoms with Gasteiger partial charge in [-0.05, 0) is 13.0 Å². The van der Waals surface area contributed by atoms with Gasteiger partial charge in [-0.3, -0.25) is 0 Å². The molecule has 0 fully saturated rings. The molecule has 0 unspecified atom stereocenters. The number of hydrogen-bond donors (Lipinski definition) is 1. The molecule has 0 bridgehead atoms. The Bertz CT molecular complexity index is 365. The Morgan fingerprint density at radius 2 is 2.29 bits per heavy atom. The van der Waals surface area contributed by atoms with E-state index < -0.39 is 0 Å². The molecule has 1 rings (SSSR count). The highest BCUT2D eigenvalue weighted by Gasteiger charge is 2.00. The Balaban J connectivity index is 2.31. The van der Waals surface area contributed by atoms with Gasteiger partial charge in [-0.2, -0.15) is 4.98 Å². The predicted octanol–water partition coefficient (Wildman–Crippen LogP) is 1.55. The summed E-state index contributed by atoms with van der Waals surface area (Å²) < 4.78 is 5.38. The molecule has 0 aromatic carbocycles. The first-order chi connectivity index (χ1) is 8.09. The van der Waals surface area contributed by atoms with Gasteiger partial charge in [0.25, 0.3) is 0 Å². The van der Waals surface area contributed by atoms with Crippen LogP contribution < -0.4 is 10.2 Å². The van der Waals surface area contributed by atoms with E-state index >= 15 is 0 Å². The Morgan fingerprint density at radius 3 is 2.94 bits per heavy atom. The molecule has 0 saturated carbocycles. The van der Waals surface area contributed by atoms with Gasteiger partial charge in [0.05, 0.1) is 13.2 Å². The van der Waals surface area contributed by atoms with Gasteiger partial charge in [-0.15, -0.1) is 0 Å². The number of rotatable bonds is 7. The van der Waals surface area contributed by atoms with Gasteiger partial charge in [0.2, 0.25) is 5.95 Å². The third kappa shape index (κ3) is 5.31. The molecule has 0 aliphatic rings. The highest BCUT2D eigenvalue weighted by Crippen LogP contribution is 2.07. The highest BCUT2D eigenvalue weighted by molar-refractivity contribution is 5.40. The molecule has 1 aromatic heterocycles. The first kappa shape index (κ1) is 13.4. The summed E-state index contributed by atoms with van der Waals surface area (Å²) in [6.45, 7) is 7.67. The summed E-state index contributed by atoms with van der Waals surface area (Å²) in [5.41, 5.74) is 1.03. The molecule has 5 nitrogen and oxygen atoms in total. The lowest BCUT2D eigenvalue weighted by molar-refractivity contribution is 0.167. The van der Waals surface area contributed by atoms with Crippen LogP contribution in [0, 0.1) is 0 Å². The summed E-state index contributed by atoms with van der Waals surface area (Å²) in [5.74, 6) is 1.50. The van der Waals surface area contributed by atoms with Gasteiger partial charge in [0.1, 0.15) is 5.82 Å². The molecule has 0 radical (unpaired) electrons. The van der Waals surface area contributed by atoms with Gasteiger partial charge in [-0.25, -0.2) is 4.98 Å². The summed E-state index contributed by atoms with van der Waals surface area (Å²) in [5, 5.41) is 3.18. The lowest BCUT2D eigenvalue weighted by Crippen LogP contribution is -2.15. The van der Waals surface area contributed by atoms with Crippen molar-refractivity contribution in [3.8, 4) is 0 Å². The van der Waals surface area contributed by atoms with Crippen molar-refractivity contribution in [1.82, 2.24) is 9.97 Å². The summed E-state index contributed by atoms with van der Waals surface area (Å²) in [4.78, 5) is 10.3. The first-order valence-electron chi connectivity index (χ1n) is 5.56. The fraction of sp³-hybridized carbons (Fsp3) is 0.500. The molecular weight excluding hydrogens is 216 g/mol. The van der Waals surface area contributed by atoms with Gasteiger partial charge in [0, 0.05) is 26.8 Å². The van der Waals surface area contributed by atoms with Crippen LogP contribution in [0.15, 0.2) is 24.4 Å². The van der Waals surface area contributed by atoms with Crippen LogP contribution in [0.4, 0.5) is 11.8 Å². The molecule has 5 heteroatoms. The maximum Gasteiger partial charge on any atom is 0.226 e. The van der Waals surface area contributed by atoms with E-state index in [0.717, 1.165) is 17.9 Å². The Morgan fingerprint density at radius 1 is 1.53 bits per heavy atom. The molecule has 0 atom stereocenters. The summed E-state index contributed by atoms with van der Waals surface area (Å²) >= 11 is 0. The summed E-state index contributed by atoms with van der Waals surface area (Å²) in [6.07, 6.45) is 1.74. The quantitative estimate of drug-likeness (QED) is 0.575. The third-order valence-corrected chi connectivity index (χ3v) is 1.94. The van der Waals surface area contributed by atoms with Crippen LogP contribution in [-0.4, -0.2) is 43.8 Å². The maximum atomic E-state index is 5.38. The molecule has 94 valence electrons. The molecule has 0 amide bonds. The molecule has 1 aromatic rings. The van der Waals surface area contributed by atoms with Crippen LogP contribution in [0.2, 0.25) is 0 Å². The molecule has 0 aliphatic heterocycles. The van der Waals surface area contributed by atoms with Crippen LogP contribution in [0.1, 0.15) is 6.92 Å². The number of hydrogen-bond acceptors (Lipinski definition) is 5. The standard InChI is InChI=1S/C12H20N4O/c1-10(2)9-17-8-7-13-11-5-6-14-12(15-11)16(3)4/h5-6H,1,7-9H2,2-4H3,(H,13,14,15). The first-order valence-corrected chi connectivity index (χ1v) is 5.56. The number of nitrogens with zero attached hydrogens (tertiary/aromatic N) is 3. The summed E-state index contributed by atoms with van der Waals surface area (Å²) in [7, 11) is 3.82. The van der Waals surface area contributed by atoms with Crippen LogP contribution in [0.5, 0.6) is 0 Å². The van der Waals surface area contributed by atoms with Crippen molar-refractivity contribution in [3.63, 3.8) is 0 Å². The second-order valence-electron chi connectivity index (χ2n) is 4.07. The predicted molar refractivity (Wildman–Crippen MR) is 70.5 cm³/mol. The minimum Gasteiger partial charge on any atom is -0.375 e. The zero-order valence-corrected chi connectivity index (χ0v) is 10.7. The highest BCUT2D eigenvalue weighted by atomic mass is 16.5. The van der Waals surface area contributed by atoms with Crippen LogP contribution >= 0.6 is 0 Å². The van der Waals surface area contributed by atoms with E-state index in [4.69, 9.17) is 4.74 Å². The van der Waals surface area contributed by atoms with Gasteiger partial charge < -0.3 is 15.0 Å². The Kier molecular flexibility index (Phi) is 5.42. The van der Waals surface area contributed by atoms with E-state index in [-0.39, 0.29) is 0 Å². The monoisotopic (exact) mass is 236 g/mol. The van der Waals surface area contributed by atoms with E-state index in [2.05, 4.69) is 21.9 Å². The van der Waals surface area contributed by atoms with Crippen LogP contribution in [-0.2, 0) is 4.74 Å². The smallest absolute Gasteiger partial charge is 0.226 e. The molecule has 0 saturated heterocycles. The maximum absolute atomic E-state index is 5.38. The van der Waals surface area contributed by atoms with Crippen LogP contribution in [0.3, 0.4) is 0 Å². The van der Waals surface area contributed by atoms with Crippen molar-refractivity contribution in [3.05, 3.63) is 24.4 Å². The second kappa shape index (κ2) is 6.85. The number of anilines is 2. The molecule has 1 heterocycles. The van der Waals surface area contributed by atoms with E-state index in [1.165, 1.54) is 0 Å². The van der Waals surface area contributed by atoms with Gasteiger partial charge in [-0.1, -0.05) is 12.2 Å². The normalized spacial score (nSPS) is 10.1. The average Bonchev–Trinajstić information content (AvgIpc) is 2.28. The SMILES string of the molecule is C=C(C)COCCNc1ccnc(N(C)C)n1. The minimum absolute atomic E-state index is 0.606. The van der Waals surface area contributed by atoms with Crippen molar-refractivity contribution in [1.29, 1.82) is 0 Å². The average molecular weight is 236 g/mol. The van der Waals surface area contributed by atoms with Crippen molar-refractivity contribution >= 4 is 11.8 Å². The molecule has 0 spiro atoms. The van der Waals surface area contributed by atoms with Crippen LogP contribution in [0.25, 0.3) is 0 Å².